The Labute approximate surface area is 166 Å². The molecule has 2 amide bonds. The summed E-state index contributed by atoms with van der Waals surface area (Å²) in [6.45, 7) is 2.78. The van der Waals surface area contributed by atoms with Gasteiger partial charge in [0.05, 0.1) is 0 Å². The Morgan fingerprint density at radius 3 is 2.71 bits per heavy atom. The Hall–Kier alpha value is -1.99. The molecule has 1 aromatic heterocycles. The third-order valence-corrected chi connectivity index (χ3v) is 6.88. The van der Waals surface area contributed by atoms with E-state index in [2.05, 4.69) is 15.2 Å². The van der Waals surface area contributed by atoms with Crippen molar-refractivity contribution in [3.05, 3.63) is 29.6 Å². The molecule has 0 radical (unpaired) electrons. The first-order valence-electron chi connectivity index (χ1n) is 10.4. The quantitative estimate of drug-likeness (QED) is 0.798. The predicted molar refractivity (Wildman–Crippen MR) is 104 cm³/mol. The lowest BCUT2D eigenvalue weighted by atomic mass is 9.62. The van der Waals surface area contributed by atoms with Crippen LogP contribution in [0, 0.1) is 11.8 Å². The van der Waals surface area contributed by atoms with Crippen LogP contribution >= 0.6 is 0 Å². The minimum atomic E-state index is -0.510. The van der Waals surface area contributed by atoms with Gasteiger partial charge in [0.25, 0.3) is 5.91 Å². The zero-order valence-electron chi connectivity index (χ0n) is 16.5. The van der Waals surface area contributed by atoms with Gasteiger partial charge in [-0.05, 0) is 43.4 Å². The Bertz CT molecular complexity index is 739. The van der Waals surface area contributed by atoms with E-state index in [4.69, 9.17) is 10.5 Å². The van der Waals surface area contributed by atoms with E-state index in [1.54, 1.807) is 13.3 Å². The van der Waals surface area contributed by atoms with E-state index in [0.29, 0.717) is 24.0 Å². The van der Waals surface area contributed by atoms with Gasteiger partial charge in [0.1, 0.15) is 11.3 Å². The van der Waals surface area contributed by atoms with E-state index in [1.807, 2.05) is 12.1 Å². The molecule has 3 fully saturated rings. The number of rotatable bonds is 5. The summed E-state index contributed by atoms with van der Waals surface area (Å²) in [6, 6.07) is 4.03. The molecule has 4 rings (SSSR count). The molecule has 3 heterocycles. The van der Waals surface area contributed by atoms with Crippen molar-refractivity contribution in [2.45, 2.75) is 50.2 Å². The smallest absolute Gasteiger partial charge is 0.267 e. The first kappa shape index (κ1) is 19.3. The van der Waals surface area contributed by atoms with Gasteiger partial charge in [0.15, 0.2) is 0 Å². The molecule has 7 nitrogen and oxygen atoms in total. The number of fused-ring (bicyclic) bond motifs is 2. The number of amides is 2. The maximum atomic E-state index is 11.7. The molecule has 3 unspecified atom stereocenters. The number of carbonyl (C=O) groups excluding carboxylic acids is 2. The lowest BCUT2D eigenvalue weighted by molar-refractivity contribution is -0.170. The minimum absolute atomic E-state index is 0.176. The fourth-order valence-electron chi connectivity index (χ4n) is 5.73. The Morgan fingerprint density at radius 1 is 1.32 bits per heavy atom. The highest BCUT2D eigenvalue weighted by Gasteiger charge is 2.53. The van der Waals surface area contributed by atoms with Crippen molar-refractivity contribution in [1.29, 1.82) is 0 Å². The summed E-state index contributed by atoms with van der Waals surface area (Å²) in [7, 11) is 1.78. The largest absolute Gasteiger partial charge is 0.373 e. The van der Waals surface area contributed by atoms with Crippen LogP contribution in [0.4, 0.5) is 0 Å². The highest BCUT2D eigenvalue weighted by molar-refractivity contribution is 5.90. The highest BCUT2D eigenvalue weighted by atomic mass is 16.5. The first-order valence-corrected chi connectivity index (χ1v) is 10.4. The molecule has 28 heavy (non-hydrogen) atoms. The number of carbonyl (C=O) groups is 2. The van der Waals surface area contributed by atoms with Crippen LogP contribution in [-0.2, 0) is 15.1 Å². The number of pyridine rings is 1. The van der Waals surface area contributed by atoms with Gasteiger partial charge >= 0.3 is 0 Å². The van der Waals surface area contributed by atoms with Crippen LogP contribution in [-0.4, -0.2) is 54.5 Å². The number of nitrogens with one attached hydrogen (secondary N) is 1. The average Bonchev–Trinajstić information content (AvgIpc) is 2.67. The standard InChI is InChI=1S/C21H30N4O3/c1-28-21(14-8-9-23-18(10-14)20(22)27)15-4-2-5-16(21)12-25(11-15)13-17-6-3-7-19(26)24-17/h8-10,15-17H,2-7,11-13H2,1H3,(H2,22,27)(H,24,26). The normalized spacial score (nSPS) is 33.3. The van der Waals surface area contributed by atoms with E-state index >= 15 is 0 Å². The summed E-state index contributed by atoms with van der Waals surface area (Å²) in [6.07, 6.45) is 7.72. The zero-order chi connectivity index (χ0) is 19.7. The van der Waals surface area contributed by atoms with Gasteiger partial charge in [-0.15, -0.1) is 0 Å². The molecular formula is C21H30N4O3. The summed E-state index contributed by atoms with van der Waals surface area (Å²) in [5.74, 6) is 0.346. The van der Waals surface area contributed by atoms with Gasteiger partial charge in [-0.3, -0.25) is 14.6 Å². The van der Waals surface area contributed by atoms with E-state index in [0.717, 1.165) is 50.9 Å². The Morgan fingerprint density at radius 2 is 2.07 bits per heavy atom. The van der Waals surface area contributed by atoms with Crippen LogP contribution in [0.2, 0.25) is 0 Å². The molecule has 1 aliphatic carbocycles. The second-order valence-corrected chi connectivity index (χ2v) is 8.49. The van der Waals surface area contributed by atoms with Gasteiger partial charge in [0, 0.05) is 57.2 Å². The molecule has 1 aromatic rings. The highest BCUT2D eigenvalue weighted by Crippen LogP contribution is 2.51. The number of primary amides is 1. The molecule has 0 aromatic carbocycles. The number of nitrogens with zero attached hydrogens (tertiary/aromatic N) is 2. The monoisotopic (exact) mass is 386 g/mol. The first-order chi connectivity index (χ1) is 13.5. The summed E-state index contributed by atoms with van der Waals surface area (Å²) >= 11 is 0. The number of methoxy groups -OCH3 is 1. The van der Waals surface area contributed by atoms with E-state index in [9.17, 15) is 9.59 Å². The summed E-state index contributed by atoms with van der Waals surface area (Å²) in [5.41, 5.74) is 6.36. The van der Waals surface area contributed by atoms with E-state index < -0.39 is 11.5 Å². The summed E-state index contributed by atoms with van der Waals surface area (Å²) < 4.78 is 6.25. The molecule has 3 N–H and O–H groups in total. The van der Waals surface area contributed by atoms with E-state index in [-0.39, 0.29) is 11.9 Å². The molecule has 2 saturated heterocycles. The van der Waals surface area contributed by atoms with Gasteiger partial charge in [-0.25, -0.2) is 0 Å². The van der Waals surface area contributed by atoms with Crippen molar-refractivity contribution < 1.29 is 14.3 Å². The van der Waals surface area contributed by atoms with Crippen LogP contribution in [0.3, 0.4) is 0 Å². The Kier molecular flexibility index (Phi) is 5.38. The van der Waals surface area contributed by atoms with Crippen molar-refractivity contribution in [3.63, 3.8) is 0 Å². The molecule has 0 spiro atoms. The topological polar surface area (TPSA) is 97.6 Å². The minimum Gasteiger partial charge on any atom is -0.373 e. The molecule has 2 aliphatic heterocycles. The van der Waals surface area contributed by atoms with Crippen molar-refractivity contribution in [2.75, 3.05) is 26.7 Å². The fraction of sp³-hybridized carbons (Fsp3) is 0.667. The fourth-order valence-corrected chi connectivity index (χ4v) is 5.73. The molecule has 1 saturated carbocycles. The van der Waals surface area contributed by atoms with Crippen molar-refractivity contribution in [1.82, 2.24) is 15.2 Å². The second kappa shape index (κ2) is 7.79. The van der Waals surface area contributed by atoms with Crippen molar-refractivity contribution >= 4 is 11.8 Å². The summed E-state index contributed by atoms with van der Waals surface area (Å²) in [4.78, 5) is 30.0. The van der Waals surface area contributed by atoms with Crippen LogP contribution in [0.25, 0.3) is 0 Å². The van der Waals surface area contributed by atoms with Crippen molar-refractivity contribution in [3.8, 4) is 0 Å². The molecular weight excluding hydrogens is 356 g/mol. The maximum absolute atomic E-state index is 11.7. The molecule has 3 atom stereocenters. The number of aromatic nitrogens is 1. The van der Waals surface area contributed by atoms with E-state index in [1.165, 1.54) is 6.42 Å². The number of likely N-dealkylation sites (tertiary alicyclic amines) is 1. The third kappa shape index (κ3) is 3.42. The van der Waals surface area contributed by atoms with Gasteiger partial charge in [0.2, 0.25) is 5.91 Å². The SMILES string of the molecule is COC1(c2ccnc(C(N)=O)c2)C2CCCC1CN(CC1CCCC(=O)N1)C2. The van der Waals surface area contributed by atoms with Crippen LogP contribution in [0.15, 0.2) is 18.3 Å². The van der Waals surface area contributed by atoms with Crippen molar-refractivity contribution in [2.24, 2.45) is 17.6 Å². The van der Waals surface area contributed by atoms with Gasteiger partial charge < -0.3 is 20.7 Å². The molecule has 2 bridgehead atoms. The number of piperidine rings is 2. The molecule has 152 valence electrons. The Balaban J connectivity index is 1.57. The number of nitrogens with two attached hydrogens (primary N) is 1. The number of ether oxygens (including phenoxy) is 1. The molecule has 3 aliphatic rings. The second-order valence-electron chi connectivity index (χ2n) is 8.49. The lowest BCUT2D eigenvalue weighted by Crippen LogP contribution is -2.61. The number of hydrogen-bond donors (Lipinski definition) is 2. The van der Waals surface area contributed by atoms with Crippen LogP contribution < -0.4 is 11.1 Å². The van der Waals surface area contributed by atoms with Crippen LogP contribution in [0.5, 0.6) is 0 Å². The number of hydrogen-bond acceptors (Lipinski definition) is 5. The third-order valence-electron chi connectivity index (χ3n) is 6.88. The zero-order valence-corrected chi connectivity index (χ0v) is 16.5. The lowest BCUT2D eigenvalue weighted by Gasteiger charge is -2.55. The predicted octanol–water partition coefficient (Wildman–Crippen LogP) is 1.42. The molecule has 7 heteroatoms. The van der Waals surface area contributed by atoms with Gasteiger partial charge in [-0.2, -0.15) is 0 Å². The van der Waals surface area contributed by atoms with Crippen LogP contribution in [0.1, 0.15) is 54.6 Å². The van der Waals surface area contributed by atoms with Gasteiger partial charge in [-0.1, -0.05) is 6.42 Å². The summed E-state index contributed by atoms with van der Waals surface area (Å²) in [5, 5.41) is 3.14. The average molecular weight is 386 g/mol. The maximum Gasteiger partial charge on any atom is 0.267 e.